The summed E-state index contributed by atoms with van der Waals surface area (Å²) in [7, 11) is -2.93. The van der Waals surface area contributed by atoms with E-state index in [1.165, 1.54) is 31.0 Å². The SMILES string of the molecule is C[C@@H]1CCCC[C@@H]1NC(=O)c1ccc(NC2=N[C@@H]3CS(=O)(=O)C[C@H]3S2)cc1. The maximum absolute atomic E-state index is 12.5. The fraction of sp³-hybridized carbons (Fsp3) is 0.579. The van der Waals surface area contributed by atoms with Gasteiger partial charge in [0.25, 0.3) is 5.91 Å². The van der Waals surface area contributed by atoms with Crippen LogP contribution in [0.1, 0.15) is 43.0 Å². The summed E-state index contributed by atoms with van der Waals surface area (Å²) < 4.78 is 23.3. The summed E-state index contributed by atoms with van der Waals surface area (Å²) in [5.41, 5.74) is 1.51. The zero-order chi connectivity index (χ0) is 19.0. The second-order valence-corrected chi connectivity index (χ2v) is 11.2. The Balaban J connectivity index is 1.35. The number of amidine groups is 1. The number of carbonyl (C=O) groups excluding carboxylic acids is 1. The highest BCUT2D eigenvalue weighted by Crippen LogP contribution is 2.34. The summed E-state index contributed by atoms with van der Waals surface area (Å²) in [6.07, 6.45) is 4.67. The number of aliphatic imine (C=N–C) groups is 1. The minimum atomic E-state index is -2.93. The molecule has 2 fully saturated rings. The number of rotatable bonds is 3. The Bertz CT molecular complexity index is 851. The van der Waals surface area contributed by atoms with Crippen molar-refractivity contribution >= 4 is 38.4 Å². The lowest BCUT2D eigenvalue weighted by Crippen LogP contribution is -2.41. The summed E-state index contributed by atoms with van der Waals surface area (Å²) in [5, 5.41) is 7.19. The first-order valence-electron chi connectivity index (χ1n) is 9.52. The number of nitrogens with one attached hydrogen (secondary N) is 2. The molecule has 0 radical (unpaired) electrons. The Labute approximate surface area is 164 Å². The maximum atomic E-state index is 12.5. The Morgan fingerprint density at radius 2 is 1.89 bits per heavy atom. The zero-order valence-electron chi connectivity index (χ0n) is 15.3. The second-order valence-electron chi connectivity index (χ2n) is 7.78. The molecule has 0 spiro atoms. The topological polar surface area (TPSA) is 87.6 Å². The molecule has 1 aromatic carbocycles. The average molecular weight is 408 g/mol. The van der Waals surface area contributed by atoms with E-state index in [4.69, 9.17) is 0 Å². The lowest BCUT2D eigenvalue weighted by atomic mass is 9.86. The van der Waals surface area contributed by atoms with Crippen molar-refractivity contribution in [2.75, 3.05) is 16.8 Å². The average Bonchev–Trinajstić information content (AvgIpc) is 3.10. The number of sulfone groups is 1. The first-order chi connectivity index (χ1) is 12.9. The third-order valence-corrected chi connectivity index (χ3v) is 8.79. The number of thioether (sulfide) groups is 1. The van der Waals surface area contributed by atoms with Gasteiger partial charge in [0.15, 0.2) is 15.0 Å². The normalized spacial score (nSPS) is 31.8. The molecule has 2 heterocycles. The van der Waals surface area contributed by atoms with E-state index in [0.717, 1.165) is 17.3 Å². The predicted octanol–water partition coefficient (Wildman–Crippen LogP) is 2.68. The first-order valence-corrected chi connectivity index (χ1v) is 12.2. The third-order valence-electron chi connectivity index (χ3n) is 5.64. The van der Waals surface area contributed by atoms with Crippen LogP contribution in [0, 0.1) is 5.92 Å². The Morgan fingerprint density at radius 1 is 1.15 bits per heavy atom. The highest BCUT2D eigenvalue weighted by molar-refractivity contribution is 8.15. The highest BCUT2D eigenvalue weighted by Gasteiger charge is 2.42. The molecule has 0 aromatic heterocycles. The van der Waals surface area contributed by atoms with E-state index in [1.54, 1.807) is 0 Å². The van der Waals surface area contributed by atoms with Crippen molar-refractivity contribution in [1.29, 1.82) is 0 Å². The number of carbonyl (C=O) groups is 1. The van der Waals surface area contributed by atoms with Gasteiger partial charge in [0.1, 0.15) is 0 Å². The number of nitrogens with zero attached hydrogens (tertiary/aromatic N) is 1. The van der Waals surface area contributed by atoms with Crippen LogP contribution < -0.4 is 10.6 Å². The summed E-state index contributed by atoms with van der Waals surface area (Å²) in [6, 6.07) is 7.50. The Morgan fingerprint density at radius 3 is 2.59 bits per heavy atom. The zero-order valence-corrected chi connectivity index (χ0v) is 17.0. The molecule has 2 N–H and O–H groups in total. The summed E-state index contributed by atoms with van der Waals surface area (Å²) in [6.45, 7) is 2.21. The van der Waals surface area contributed by atoms with Gasteiger partial charge < -0.3 is 10.6 Å². The predicted molar refractivity (Wildman–Crippen MR) is 110 cm³/mol. The van der Waals surface area contributed by atoms with Gasteiger partial charge in [0.05, 0.1) is 17.5 Å². The molecule has 1 saturated heterocycles. The van der Waals surface area contributed by atoms with E-state index < -0.39 is 9.84 Å². The van der Waals surface area contributed by atoms with Crippen LogP contribution in [0.4, 0.5) is 5.69 Å². The van der Waals surface area contributed by atoms with Gasteiger partial charge in [-0.25, -0.2) is 8.42 Å². The monoisotopic (exact) mass is 407 g/mol. The van der Waals surface area contributed by atoms with Crippen molar-refractivity contribution < 1.29 is 13.2 Å². The van der Waals surface area contributed by atoms with Crippen LogP contribution in [0.5, 0.6) is 0 Å². The van der Waals surface area contributed by atoms with Crippen molar-refractivity contribution in [3.05, 3.63) is 29.8 Å². The molecule has 1 saturated carbocycles. The lowest BCUT2D eigenvalue weighted by molar-refractivity contribution is 0.0910. The van der Waals surface area contributed by atoms with Crippen molar-refractivity contribution in [2.24, 2.45) is 10.9 Å². The fourth-order valence-corrected chi connectivity index (χ4v) is 7.70. The molecule has 6 nitrogen and oxygen atoms in total. The molecule has 0 bridgehead atoms. The second kappa shape index (κ2) is 7.47. The molecule has 1 amide bonds. The molecular weight excluding hydrogens is 382 g/mol. The summed E-state index contributed by atoms with van der Waals surface area (Å²) in [4.78, 5) is 17.0. The standard InChI is InChI=1S/C19H25N3O3S2/c1-12-4-2-3-5-15(12)21-18(23)13-6-8-14(9-7-13)20-19-22-16-10-27(24,25)11-17(16)26-19/h6-9,12,15-17H,2-5,10-11H2,1H3,(H,20,22)(H,21,23)/t12-,15+,16-,17-/m1/s1. The van der Waals surface area contributed by atoms with Crippen molar-refractivity contribution in [2.45, 2.75) is 49.9 Å². The smallest absolute Gasteiger partial charge is 0.251 e. The van der Waals surface area contributed by atoms with Gasteiger partial charge in [-0.1, -0.05) is 31.5 Å². The molecule has 0 unspecified atom stereocenters. The molecule has 3 aliphatic rings. The van der Waals surface area contributed by atoms with Gasteiger partial charge in [0, 0.05) is 22.5 Å². The molecule has 27 heavy (non-hydrogen) atoms. The van der Waals surface area contributed by atoms with Crippen LogP contribution in [0.2, 0.25) is 0 Å². The van der Waals surface area contributed by atoms with E-state index in [1.807, 2.05) is 24.3 Å². The molecule has 1 aromatic rings. The third kappa shape index (κ3) is 4.32. The van der Waals surface area contributed by atoms with Crippen molar-refractivity contribution in [3.8, 4) is 0 Å². The van der Waals surface area contributed by atoms with E-state index in [0.29, 0.717) is 11.5 Å². The van der Waals surface area contributed by atoms with Gasteiger partial charge in [-0.15, -0.1) is 0 Å². The van der Waals surface area contributed by atoms with Crippen LogP contribution >= 0.6 is 11.8 Å². The Hall–Kier alpha value is -1.54. The number of hydrogen-bond donors (Lipinski definition) is 2. The van der Waals surface area contributed by atoms with Crippen LogP contribution in [0.3, 0.4) is 0 Å². The molecule has 2 aliphatic heterocycles. The van der Waals surface area contributed by atoms with E-state index in [-0.39, 0.29) is 34.7 Å². The van der Waals surface area contributed by atoms with Crippen molar-refractivity contribution in [1.82, 2.24) is 5.32 Å². The highest BCUT2D eigenvalue weighted by atomic mass is 32.2. The fourth-order valence-electron chi connectivity index (χ4n) is 4.03. The molecule has 4 atom stereocenters. The molecule has 4 rings (SSSR count). The van der Waals surface area contributed by atoms with Crippen LogP contribution in [-0.2, 0) is 9.84 Å². The van der Waals surface area contributed by atoms with Crippen molar-refractivity contribution in [3.63, 3.8) is 0 Å². The number of amides is 1. The van der Waals surface area contributed by atoms with E-state index in [9.17, 15) is 13.2 Å². The van der Waals surface area contributed by atoms with Gasteiger partial charge in [0.2, 0.25) is 0 Å². The first kappa shape index (κ1) is 18.8. The van der Waals surface area contributed by atoms with Gasteiger partial charge in [-0.05, 0) is 43.0 Å². The number of benzene rings is 1. The minimum Gasteiger partial charge on any atom is -0.349 e. The quantitative estimate of drug-likeness (QED) is 0.804. The molecule has 1 aliphatic carbocycles. The van der Waals surface area contributed by atoms with E-state index >= 15 is 0 Å². The molecule has 146 valence electrons. The molecule has 8 heteroatoms. The summed E-state index contributed by atoms with van der Waals surface area (Å²) >= 11 is 1.49. The van der Waals surface area contributed by atoms with Crippen LogP contribution in [0.25, 0.3) is 0 Å². The summed E-state index contributed by atoms with van der Waals surface area (Å²) in [5.74, 6) is 0.862. The van der Waals surface area contributed by atoms with Crippen LogP contribution in [0.15, 0.2) is 29.3 Å². The number of anilines is 1. The number of fused-ring (bicyclic) bond motifs is 1. The van der Waals surface area contributed by atoms with Gasteiger partial charge in [-0.2, -0.15) is 0 Å². The largest absolute Gasteiger partial charge is 0.349 e. The van der Waals surface area contributed by atoms with Gasteiger partial charge >= 0.3 is 0 Å². The maximum Gasteiger partial charge on any atom is 0.251 e. The lowest BCUT2D eigenvalue weighted by Gasteiger charge is -2.29. The molecular formula is C19H25N3O3S2. The van der Waals surface area contributed by atoms with Crippen LogP contribution in [-0.4, -0.2) is 48.3 Å². The van der Waals surface area contributed by atoms with E-state index in [2.05, 4.69) is 22.5 Å². The Kier molecular flexibility index (Phi) is 5.20. The minimum absolute atomic E-state index is 0.0207. The van der Waals surface area contributed by atoms with Gasteiger partial charge in [-0.3, -0.25) is 9.79 Å². The number of hydrogen-bond acceptors (Lipinski definition) is 6.